The lowest BCUT2D eigenvalue weighted by Crippen LogP contribution is -2.36. The van der Waals surface area contributed by atoms with Crippen LogP contribution in [0.2, 0.25) is 0 Å². The van der Waals surface area contributed by atoms with Gasteiger partial charge < -0.3 is 10.0 Å². The zero-order valence-electron chi connectivity index (χ0n) is 15.2. The fourth-order valence-electron chi connectivity index (χ4n) is 2.70. The third-order valence-corrected chi connectivity index (χ3v) is 4.16. The van der Waals surface area contributed by atoms with Gasteiger partial charge in [0.1, 0.15) is 0 Å². The summed E-state index contributed by atoms with van der Waals surface area (Å²) in [5, 5.41) is 9.01. The van der Waals surface area contributed by atoms with Crippen LogP contribution < -0.4 is 0 Å². The summed E-state index contributed by atoms with van der Waals surface area (Å²) in [5.74, 6) is -1.38. The van der Waals surface area contributed by atoms with Crippen molar-refractivity contribution >= 4 is 11.9 Å². The van der Waals surface area contributed by atoms with Gasteiger partial charge in [-0.25, -0.2) is 0 Å². The summed E-state index contributed by atoms with van der Waals surface area (Å²) >= 11 is 0. The molecule has 0 aromatic rings. The largest absolute Gasteiger partial charge is 0.481 e. The predicted octanol–water partition coefficient (Wildman–Crippen LogP) is 4.64. The summed E-state index contributed by atoms with van der Waals surface area (Å²) in [7, 11) is 0. The van der Waals surface area contributed by atoms with E-state index in [4.69, 9.17) is 5.11 Å². The second kappa shape index (κ2) is 14.3. The van der Waals surface area contributed by atoms with Gasteiger partial charge >= 0.3 is 5.97 Å². The van der Waals surface area contributed by atoms with Crippen LogP contribution in [-0.2, 0) is 9.59 Å². The Morgan fingerprint density at radius 3 is 2.13 bits per heavy atom. The SMILES string of the molecule is CCCCCCCC/C=C/CC(CC(=O)O)C(=O)N(CC)CC. The zero-order valence-corrected chi connectivity index (χ0v) is 15.2. The smallest absolute Gasteiger partial charge is 0.304 e. The first-order chi connectivity index (χ1) is 11.1. The van der Waals surface area contributed by atoms with Gasteiger partial charge in [-0.1, -0.05) is 51.2 Å². The molecule has 1 amide bonds. The molecule has 0 radical (unpaired) electrons. The first-order valence-corrected chi connectivity index (χ1v) is 9.22. The van der Waals surface area contributed by atoms with Crippen LogP contribution in [0.3, 0.4) is 0 Å². The molecule has 4 heteroatoms. The van der Waals surface area contributed by atoms with E-state index in [1.807, 2.05) is 19.9 Å². The van der Waals surface area contributed by atoms with Crippen molar-refractivity contribution in [2.45, 2.75) is 78.6 Å². The molecular weight excluding hydrogens is 290 g/mol. The van der Waals surface area contributed by atoms with Gasteiger partial charge in [-0.15, -0.1) is 0 Å². The summed E-state index contributed by atoms with van der Waals surface area (Å²) in [6, 6.07) is 0. The van der Waals surface area contributed by atoms with E-state index >= 15 is 0 Å². The quantitative estimate of drug-likeness (QED) is 0.374. The van der Waals surface area contributed by atoms with E-state index in [2.05, 4.69) is 13.0 Å². The zero-order chi connectivity index (χ0) is 17.5. The van der Waals surface area contributed by atoms with E-state index in [0.29, 0.717) is 19.5 Å². The minimum atomic E-state index is -0.903. The normalized spacial score (nSPS) is 12.5. The van der Waals surface area contributed by atoms with Gasteiger partial charge in [-0.3, -0.25) is 9.59 Å². The van der Waals surface area contributed by atoms with Gasteiger partial charge in [-0.2, -0.15) is 0 Å². The molecule has 0 rings (SSSR count). The van der Waals surface area contributed by atoms with Crippen molar-refractivity contribution in [2.24, 2.45) is 5.92 Å². The van der Waals surface area contributed by atoms with Crippen LogP contribution in [0.15, 0.2) is 12.2 Å². The van der Waals surface area contributed by atoms with Gasteiger partial charge in [0.2, 0.25) is 5.91 Å². The maximum atomic E-state index is 12.3. The number of allylic oxidation sites excluding steroid dienone is 2. The van der Waals surface area contributed by atoms with Gasteiger partial charge in [0, 0.05) is 13.1 Å². The van der Waals surface area contributed by atoms with Crippen molar-refractivity contribution < 1.29 is 14.7 Å². The van der Waals surface area contributed by atoms with Crippen LogP contribution in [0, 0.1) is 5.92 Å². The average molecular weight is 325 g/mol. The number of hydrogen-bond donors (Lipinski definition) is 1. The third-order valence-electron chi connectivity index (χ3n) is 4.16. The van der Waals surface area contributed by atoms with E-state index in [0.717, 1.165) is 6.42 Å². The third kappa shape index (κ3) is 10.9. The van der Waals surface area contributed by atoms with Gasteiger partial charge in [0.25, 0.3) is 0 Å². The highest BCUT2D eigenvalue weighted by atomic mass is 16.4. The minimum Gasteiger partial charge on any atom is -0.481 e. The molecule has 0 fully saturated rings. The number of carboxylic acids is 1. The Morgan fingerprint density at radius 1 is 0.957 bits per heavy atom. The molecule has 1 N–H and O–H groups in total. The van der Waals surface area contributed by atoms with Crippen LogP contribution in [0.1, 0.15) is 78.6 Å². The van der Waals surface area contributed by atoms with Crippen LogP contribution in [0.5, 0.6) is 0 Å². The van der Waals surface area contributed by atoms with Crippen molar-refractivity contribution in [1.82, 2.24) is 4.90 Å². The molecule has 1 atom stereocenters. The van der Waals surface area contributed by atoms with Crippen molar-refractivity contribution in [2.75, 3.05) is 13.1 Å². The first-order valence-electron chi connectivity index (χ1n) is 9.22. The molecule has 4 nitrogen and oxygen atoms in total. The molecule has 0 spiro atoms. The summed E-state index contributed by atoms with van der Waals surface area (Å²) in [5.41, 5.74) is 0. The number of carbonyl (C=O) groups is 2. The number of carboxylic acid groups (broad SMARTS) is 1. The monoisotopic (exact) mass is 325 g/mol. The average Bonchev–Trinajstić information content (AvgIpc) is 2.52. The summed E-state index contributed by atoms with van der Waals surface area (Å²) in [6.45, 7) is 7.33. The lowest BCUT2D eigenvalue weighted by molar-refractivity contribution is -0.144. The number of hydrogen-bond acceptors (Lipinski definition) is 2. The molecular formula is C19H35NO3. The van der Waals surface area contributed by atoms with E-state index in [9.17, 15) is 9.59 Å². The summed E-state index contributed by atoms with van der Waals surface area (Å²) in [6.07, 6.45) is 13.2. The molecule has 0 aliphatic heterocycles. The molecule has 23 heavy (non-hydrogen) atoms. The maximum absolute atomic E-state index is 12.3. The molecule has 1 unspecified atom stereocenters. The van der Waals surface area contributed by atoms with Crippen molar-refractivity contribution in [3.8, 4) is 0 Å². The Kier molecular flexibility index (Phi) is 13.5. The topological polar surface area (TPSA) is 57.6 Å². The molecule has 134 valence electrons. The standard InChI is InChI=1S/C19H35NO3/c1-4-7-8-9-10-11-12-13-14-15-17(16-18(21)22)19(23)20(5-2)6-3/h13-14,17H,4-12,15-16H2,1-3H3,(H,21,22)/b14-13+. The van der Waals surface area contributed by atoms with Crippen LogP contribution in [0.4, 0.5) is 0 Å². The highest BCUT2D eigenvalue weighted by molar-refractivity contribution is 5.83. The lowest BCUT2D eigenvalue weighted by Gasteiger charge is -2.23. The number of unbranched alkanes of at least 4 members (excludes halogenated alkanes) is 6. The number of carbonyl (C=O) groups excluding carboxylic acids is 1. The lowest BCUT2D eigenvalue weighted by atomic mass is 9.98. The predicted molar refractivity (Wildman–Crippen MR) is 95.4 cm³/mol. The maximum Gasteiger partial charge on any atom is 0.304 e. The number of nitrogens with zero attached hydrogens (tertiary/aromatic N) is 1. The summed E-state index contributed by atoms with van der Waals surface area (Å²) < 4.78 is 0. The van der Waals surface area contributed by atoms with E-state index in [-0.39, 0.29) is 12.3 Å². The molecule has 0 saturated heterocycles. The molecule has 0 bridgehead atoms. The van der Waals surface area contributed by atoms with Crippen molar-refractivity contribution in [1.29, 1.82) is 0 Å². The number of rotatable bonds is 14. The second-order valence-corrected chi connectivity index (χ2v) is 6.07. The molecule has 0 aromatic carbocycles. The highest BCUT2D eigenvalue weighted by Crippen LogP contribution is 2.15. The number of amides is 1. The first kappa shape index (κ1) is 21.7. The minimum absolute atomic E-state index is 0.0402. The van der Waals surface area contributed by atoms with Crippen LogP contribution in [-0.4, -0.2) is 35.0 Å². The fourth-order valence-corrected chi connectivity index (χ4v) is 2.70. The van der Waals surface area contributed by atoms with Crippen LogP contribution >= 0.6 is 0 Å². The van der Waals surface area contributed by atoms with E-state index < -0.39 is 11.9 Å². The molecule has 0 aliphatic carbocycles. The van der Waals surface area contributed by atoms with Gasteiger partial charge in [0.05, 0.1) is 12.3 Å². The van der Waals surface area contributed by atoms with E-state index in [1.54, 1.807) is 4.90 Å². The second-order valence-electron chi connectivity index (χ2n) is 6.07. The molecule has 0 aromatic heterocycles. The Labute approximate surface area is 141 Å². The Balaban J connectivity index is 4.16. The van der Waals surface area contributed by atoms with Gasteiger partial charge in [-0.05, 0) is 33.1 Å². The van der Waals surface area contributed by atoms with Crippen molar-refractivity contribution in [3.63, 3.8) is 0 Å². The fraction of sp³-hybridized carbons (Fsp3) is 0.789. The Morgan fingerprint density at radius 2 is 1.57 bits per heavy atom. The van der Waals surface area contributed by atoms with E-state index in [1.165, 1.54) is 38.5 Å². The molecule has 0 aliphatic rings. The summed E-state index contributed by atoms with van der Waals surface area (Å²) in [4.78, 5) is 25.0. The number of aliphatic carboxylic acids is 1. The van der Waals surface area contributed by atoms with Crippen molar-refractivity contribution in [3.05, 3.63) is 12.2 Å². The molecule has 0 heterocycles. The highest BCUT2D eigenvalue weighted by Gasteiger charge is 2.23. The Bertz CT molecular complexity index is 349. The molecule has 0 saturated carbocycles. The van der Waals surface area contributed by atoms with Gasteiger partial charge in [0.15, 0.2) is 0 Å². The Hall–Kier alpha value is -1.32. The van der Waals surface area contributed by atoms with Crippen LogP contribution in [0.25, 0.3) is 0 Å².